The third kappa shape index (κ3) is 7.09. The van der Waals surface area contributed by atoms with Crippen LogP contribution in [0.4, 0.5) is 17.1 Å². The number of hydrogen-bond acceptors (Lipinski definition) is 2. The summed E-state index contributed by atoms with van der Waals surface area (Å²) in [6.07, 6.45) is 0. The summed E-state index contributed by atoms with van der Waals surface area (Å²) in [4.78, 5) is 2.38. The van der Waals surface area contributed by atoms with E-state index in [2.05, 4.69) is 276 Å². The Balaban J connectivity index is 0.837. The maximum absolute atomic E-state index is 2.39. The molecule has 0 radical (unpaired) electrons. The normalized spacial score (nSPS) is 11.7. The van der Waals surface area contributed by atoms with Gasteiger partial charge in [0.05, 0.1) is 11.0 Å². The highest BCUT2D eigenvalue weighted by Gasteiger charge is 2.18. The van der Waals surface area contributed by atoms with Gasteiger partial charge in [-0.15, -0.1) is 11.3 Å². The second-order valence-electron chi connectivity index (χ2n) is 18.5. The average Bonchev–Trinajstić information content (AvgIpc) is 4.00. The Bertz CT molecular complexity index is 4280. The van der Waals surface area contributed by atoms with Crippen LogP contribution in [0.1, 0.15) is 0 Å². The molecule has 0 atom stereocenters. The summed E-state index contributed by atoms with van der Waals surface area (Å²) in [6.45, 7) is 0. The SMILES string of the molecule is c1cc(-c2ccc(N(c3ccc(-c4cccc(-n5c6ccccc6c6ccccc65)c4)cc3)c3ccc(-c4cccc5c4sc4c6ccccc6ccc54)cc3)cc2)cc(-c2ccc3ccccc3c2)c1. The van der Waals surface area contributed by atoms with Crippen LogP contribution < -0.4 is 4.90 Å². The fourth-order valence-corrected chi connectivity index (χ4v) is 12.2. The van der Waals surface area contributed by atoms with E-state index in [9.17, 15) is 0 Å². The Morgan fingerprint density at radius 2 is 0.732 bits per heavy atom. The zero-order valence-electron chi connectivity index (χ0n) is 38.7. The third-order valence-corrected chi connectivity index (χ3v) is 15.7. The Labute approximate surface area is 416 Å². The smallest absolute Gasteiger partial charge is 0.0541 e. The molecule has 0 aliphatic rings. The van der Waals surface area contributed by atoms with Crippen LogP contribution in [-0.4, -0.2) is 4.57 Å². The molecule has 0 saturated heterocycles. The van der Waals surface area contributed by atoms with Crippen molar-refractivity contribution in [3.8, 4) is 50.2 Å². The Morgan fingerprint density at radius 1 is 0.268 bits per heavy atom. The van der Waals surface area contributed by atoms with E-state index >= 15 is 0 Å². The summed E-state index contributed by atoms with van der Waals surface area (Å²) >= 11 is 1.90. The van der Waals surface area contributed by atoms with E-state index in [1.54, 1.807) is 0 Å². The molecular weight excluding hydrogens is 877 g/mol. The number of fused-ring (bicyclic) bond motifs is 9. The largest absolute Gasteiger partial charge is 0.311 e. The predicted molar refractivity (Wildman–Crippen MR) is 305 cm³/mol. The molecule has 332 valence electrons. The molecule has 0 aliphatic carbocycles. The van der Waals surface area contributed by atoms with E-state index in [-0.39, 0.29) is 0 Å². The molecule has 0 unspecified atom stereocenters. The number of benzene rings is 12. The van der Waals surface area contributed by atoms with Crippen molar-refractivity contribution in [2.75, 3.05) is 4.90 Å². The van der Waals surface area contributed by atoms with Gasteiger partial charge in [-0.3, -0.25) is 0 Å². The first-order valence-electron chi connectivity index (χ1n) is 24.3. The monoisotopic (exact) mass is 920 g/mol. The lowest BCUT2D eigenvalue weighted by molar-refractivity contribution is 1.18. The predicted octanol–water partition coefficient (Wildman–Crippen LogP) is 19.6. The van der Waals surface area contributed by atoms with E-state index in [0.717, 1.165) is 28.3 Å². The number of para-hydroxylation sites is 2. The summed E-state index contributed by atoms with van der Waals surface area (Å²) < 4.78 is 5.06. The summed E-state index contributed by atoms with van der Waals surface area (Å²) in [6, 6.07) is 97.8. The molecule has 0 bridgehead atoms. The fourth-order valence-electron chi connectivity index (χ4n) is 10.9. The maximum Gasteiger partial charge on any atom is 0.0541 e. The Kier molecular flexibility index (Phi) is 9.75. The van der Waals surface area contributed by atoms with Crippen LogP contribution in [0.5, 0.6) is 0 Å². The molecule has 2 heterocycles. The van der Waals surface area contributed by atoms with Crippen molar-refractivity contribution in [2.24, 2.45) is 0 Å². The molecule has 14 rings (SSSR count). The number of anilines is 3. The maximum atomic E-state index is 2.39. The van der Waals surface area contributed by atoms with Gasteiger partial charge in [0.1, 0.15) is 0 Å². The van der Waals surface area contributed by atoms with Gasteiger partial charge in [0.15, 0.2) is 0 Å². The minimum Gasteiger partial charge on any atom is -0.311 e. The number of nitrogens with zero attached hydrogens (tertiary/aromatic N) is 2. The lowest BCUT2D eigenvalue weighted by atomic mass is 9.97. The number of hydrogen-bond donors (Lipinski definition) is 0. The molecule has 2 nitrogen and oxygen atoms in total. The molecular formula is C68H44N2S. The molecule has 0 fully saturated rings. The first-order valence-corrected chi connectivity index (χ1v) is 25.1. The minimum absolute atomic E-state index is 1.09. The summed E-state index contributed by atoms with van der Waals surface area (Å²) in [5.74, 6) is 0. The van der Waals surface area contributed by atoms with Crippen LogP contribution >= 0.6 is 11.3 Å². The Hall–Kier alpha value is -9.02. The van der Waals surface area contributed by atoms with Crippen molar-refractivity contribution in [3.05, 3.63) is 267 Å². The fraction of sp³-hybridized carbons (Fsp3) is 0. The average molecular weight is 921 g/mol. The van der Waals surface area contributed by atoms with Crippen molar-refractivity contribution in [3.63, 3.8) is 0 Å². The van der Waals surface area contributed by atoms with Crippen LogP contribution in [0, 0.1) is 0 Å². The Morgan fingerprint density at radius 3 is 1.41 bits per heavy atom. The van der Waals surface area contributed by atoms with E-state index < -0.39 is 0 Å². The van der Waals surface area contributed by atoms with Gasteiger partial charge < -0.3 is 9.47 Å². The van der Waals surface area contributed by atoms with E-state index in [4.69, 9.17) is 0 Å². The van der Waals surface area contributed by atoms with Gasteiger partial charge in [-0.25, -0.2) is 0 Å². The number of aromatic nitrogens is 1. The summed E-state index contributed by atoms with van der Waals surface area (Å²) in [7, 11) is 0. The van der Waals surface area contributed by atoms with Gasteiger partial charge in [-0.05, 0) is 139 Å². The van der Waals surface area contributed by atoms with Gasteiger partial charge in [0.25, 0.3) is 0 Å². The van der Waals surface area contributed by atoms with Crippen molar-refractivity contribution in [1.82, 2.24) is 4.57 Å². The van der Waals surface area contributed by atoms with Crippen LogP contribution in [0.2, 0.25) is 0 Å². The standard InChI is InChI=1S/C68H44N2S/c1-2-14-50-43-54(27-26-45(50)12-1)52-16-9-15-51(42-52)46-28-35-55(36-29-46)69(57-39-32-49(33-40-57)60-22-11-23-63-64-41-34-48-13-3-4-19-59(48)68(64)71-67(60)63)56-37-30-47(31-38-56)53-17-10-18-58(44-53)70-65-24-7-5-20-61(65)62-21-6-8-25-66(62)70/h1-44H. The summed E-state index contributed by atoms with van der Waals surface area (Å²) in [5.41, 5.74) is 16.4. The highest BCUT2D eigenvalue weighted by atomic mass is 32.1. The number of thiophene rings is 1. The van der Waals surface area contributed by atoms with Crippen LogP contribution in [0.3, 0.4) is 0 Å². The molecule has 3 heteroatoms. The zero-order valence-corrected chi connectivity index (χ0v) is 39.5. The molecule has 0 saturated carbocycles. The van der Waals surface area contributed by atoms with Gasteiger partial charge in [0, 0.05) is 53.7 Å². The third-order valence-electron chi connectivity index (χ3n) is 14.4. The van der Waals surface area contributed by atoms with Gasteiger partial charge in [-0.2, -0.15) is 0 Å². The molecule has 0 N–H and O–H groups in total. The second kappa shape index (κ2) is 16.9. The highest BCUT2D eigenvalue weighted by molar-refractivity contribution is 7.27. The van der Waals surface area contributed by atoms with E-state index in [1.165, 1.54) is 102 Å². The van der Waals surface area contributed by atoms with Crippen LogP contribution in [-0.2, 0) is 0 Å². The molecule has 14 aromatic rings. The van der Waals surface area contributed by atoms with Gasteiger partial charge in [0.2, 0.25) is 0 Å². The van der Waals surface area contributed by atoms with Crippen LogP contribution in [0.25, 0.3) is 114 Å². The lowest BCUT2D eigenvalue weighted by Crippen LogP contribution is -2.09. The highest BCUT2D eigenvalue weighted by Crippen LogP contribution is 2.44. The van der Waals surface area contributed by atoms with Crippen molar-refractivity contribution < 1.29 is 0 Å². The lowest BCUT2D eigenvalue weighted by Gasteiger charge is -2.26. The first-order chi connectivity index (χ1) is 35.2. The quantitative estimate of drug-likeness (QED) is 0.147. The zero-order chi connectivity index (χ0) is 46.8. The molecule has 71 heavy (non-hydrogen) atoms. The minimum atomic E-state index is 1.09. The number of rotatable bonds is 8. The van der Waals surface area contributed by atoms with Crippen molar-refractivity contribution in [2.45, 2.75) is 0 Å². The van der Waals surface area contributed by atoms with Crippen molar-refractivity contribution >= 4 is 91.9 Å². The van der Waals surface area contributed by atoms with Crippen molar-refractivity contribution in [1.29, 1.82) is 0 Å². The molecule has 0 spiro atoms. The van der Waals surface area contributed by atoms with Gasteiger partial charge in [-0.1, -0.05) is 194 Å². The second-order valence-corrected chi connectivity index (χ2v) is 19.5. The molecule has 2 aromatic heterocycles. The topological polar surface area (TPSA) is 8.17 Å². The molecule has 0 amide bonds. The first kappa shape index (κ1) is 41.0. The van der Waals surface area contributed by atoms with Gasteiger partial charge >= 0.3 is 0 Å². The summed E-state index contributed by atoms with van der Waals surface area (Å²) in [5, 5.41) is 10.2. The van der Waals surface area contributed by atoms with E-state index in [1.807, 2.05) is 11.3 Å². The van der Waals surface area contributed by atoms with Crippen LogP contribution in [0.15, 0.2) is 267 Å². The molecule has 12 aromatic carbocycles. The van der Waals surface area contributed by atoms with E-state index in [0.29, 0.717) is 0 Å². The molecule has 0 aliphatic heterocycles.